The van der Waals surface area contributed by atoms with E-state index in [0.717, 1.165) is 30.5 Å². The molecular formula is C26H34N4O. The molecule has 0 unspecified atom stereocenters. The first-order valence-corrected chi connectivity index (χ1v) is 10.7. The van der Waals surface area contributed by atoms with Crippen molar-refractivity contribution >= 4 is 11.5 Å². The van der Waals surface area contributed by atoms with Gasteiger partial charge in [0.05, 0.1) is 0 Å². The van der Waals surface area contributed by atoms with E-state index in [0.29, 0.717) is 12.1 Å². The Morgan fingerprint density at radius 2 is 1.42 bits per heavy atom. The Labute approximate surface area is 186 Å². The molecule has 5 nitrogen and oxygen atoms in total. The van der Waals surface area contributed by atoms with Crippen molar-refractivity contribution in [2.75, 3.05) is 13.1 Å². The van der Waals surface area contributed by atoms with E-state index in [2.05, 4.69) is 30.6 Å². The summed E-state index contributed by atoms with van der Waals surface area (Å²) in [5.41, 5.74) is 8.12. The van der Waals surface area contributed by atoms with Gasteiger partial charge in [-0.25, -0.2) is 0 Å². The van der Waals surface area contributed by atoms with Crippen LogP contribution in [0.2, 0.25) is 0 Å². The lowest BCUT2D eigenvalue weighted by Crippen LogP contribution is -2.45. The second kappa shape index (κ2) is 10.9. The van der Waals surface area contributed by atoms with Crippen LogP contribution in [0.25, 0.3) is 5.57 Å². The highest BCUT2D eigenvalue weighted by molar-refractivity contribution is 6.07. The highest BCUT2D eigenvalue weighted by Gasteiger charge is 2.21. The summed E-state index contributed by atoms with van der Waals surface area (Å²) in [5.74, 6) is -0.357. The Hall–Kier alpha value is -2.94. The molecular weight excluding hydrogens is 384 g/mol. The number of carbonyl (C=O) groups is 1. The van der Waals surface area contributed by atoms with Crippen LogP contribution in [0.15, 0.2) is 66.2 Å². The number of benzene rings is 2. The van der Waals surface area contributed by atoms with Crippen molar-refractivity contribution in [3.05, 3.63) is 77.4 Å². The minimum atomic E-state index is -0.357. The molecule has 2 aromatic carbocycles. The van der Waals surface area contributed by atoms with Gasteiger partial charge in [-0.3, -0.25) is 4.79 Å². The minimum absolute atomic E-state index is 0.119. The normalized spacial score (nSPS) is 11.5. The summed E-state index contributed by atoms with van der Waals surface area (Å²) in [5, 5.41) is 16.3. The van der Waals surface area contributed by atoms with Crippen LogP contribution < -0.4 is 16.4 Å². The van der Waals surface area contributed by atoms with Gasteiger partial charge in [-0.2, -0.15) is 5.26 Å². The predicted molar refractivity (Wildman–Crippen MR) is 127 cm³/mol. The molecule has 0 heterocycles. The number of rotatable bonds is 10. The van der Waals surface area contributed by atoms with E-state index in [1.54, 1.807) is 0 Å². The molecule has 0 atom stereocenters. The number of hydrogen-bond donors (Lipinski definition) is 3. The van der Waals surface area contributed by atoms with E-state index < -0.39 is 0 Å². The SMILES string of the molecule is CC(C)(N)CCNC(C)(C)CCNC(=O)C(C#N)=C(c1ccccc1)c1ccccc1. The zero-order valence-electron chi connectivity index (χ0n) is 19.0. The highest BCUT2D eigenvalue weighted by Crippen LogP contribution is 2.27. The van der Waals surface area contributed by atoms with Crippen molar-refractivity contribution in [1.29, 1.82) is 5.26 Å². The third-order valence-corrected chi connectivity index (χ3v) is 5.12. The molecule has 2 aromatic rings. The number of nitriles is 1. The van der Waals surface area contributed by atoms with Crippen LogP contribution in [0.1, 0.15) is 51.7 Å². The Morgan fingerprint density at radius 3 is 1.87 bits per heavy atom. The van der Waals surface area contributed by atoms with E-state index >= 15 is 0 Å². The summed E-state index contributed by atoms with van der Waals surface area (Å²) in [4.78, 5) is 13.0. The summed E-state index contributed by atoms with van der Waals surface area (Å²) in [6.07, 6.45) is 1.59. The molecule has 0 aliphatic rings. The first-order chi connectivity index (χ1) is 14.6. The molecule has 0 spiro atoms. The molecule has 164 valence electrons. The lowest BCUT2D eigenvalue weighted by molar-refractivity contribution is -0.117. The number of nitrogens with one attached hydrogen (secondary N) is 2. The van der Waals surface area contributed by atoms with Crippen LogP contribution in [0.3, 0.4) is 0 Å². The Kier molecular flexibility index (Phi) is 8.56. The van der Waals surface area contributed by atoms with Crippen LogP contribution in [-0.2, 0) is 4.79 Å². The van der Waals surface area contributed by atoms with Gasteiger partial charge in [0, 0.05) is 23.2 Å². The van der Waals surface area contributed by atoms with Gasteiger partial charge in [0.25, 0.3) is 5.91 Å². The van der Waals surface area contributed by atoms with Gasteiger partial charge in [0.15, 0.2) is 0 Å². The van der Waals surface area contributed by atoms with Crippen LogP contribution in [0, 0.1) is 11.3 Å². The Balaban J connectivity index is 2.13. The smallest absolute Gasteiger partial charge is 0.262 e. The van der Waals surface area contributed by atoms with Gasteiger partial charge >= 0.3 is 0 Å². The second-order valence-corrected chi connectivity index (χ2v) is 9.15. The van der Waals surface area contributed by atoms with E-state index in [-0.39, 0.29) is 22.6 Å². The summed E-state index contributed by atoms with van der Waals surface area (Å²) in [6, 6.07) is 21.2. The highest BCUT2D eigenvalue weighted by atomic mass is 16.1. The maximum absolute atomic E-state index is 13.0. The maximum atomic E-state index is 13.0. The van der Waals surface area contributed by atoms with Crippen molar-refractivity contribution in [3.8, 4) is 6.07 Å². The molecule has 0 aromatic heterocycles. The van der Waals surface area contributed by atoms with E-state index in [1.807, 2.05) is 74.5 Å². The quantitative estimate of drug-likeness (QED) is 0.402. The molecule has 0 aliphatic carbocycles. The van der Waals surface area contributed by atoms with Gasteiger partial charge in [0.1, 0.15) is 11.6 Å². The van der Waals surface area contributed by atoms with Crippen molar-refractivity contribution in [2.24, 2.45) is 5.73 Å². The molecule has 0 bridgehead atoms. The van der Waals surface area contributed by atoms with Gasteiger partial charge < -0.3 is 16.4 Å². The maximum Gasteiger partial charge on any atom is 0.262 e. The molecule has 31 heavy (non-hydrogen) atoms. The molecule has 4 N–H and O–H groups in total. The van der Waals surface area contributed by atoms with Crippen LogP contribution in [-0.4, -0.2) is 30.1 Å². The lowest BCUT2D eigenvalue weighted by atomic mass is 9.93. The monoisotopic (exact) mass is 418 g/mol. The zero-order valence-corrected chi connectivity index (χ0v) is 19.0. The van der Waals surface area contributed by atoms with Gasteiger partial charge in [-0.15, -0.1) is 0 Å². The standard InChI is InChI=1S/C26H34N4O/c1-25(2,28)15-18-30-26(3,4)16-17-29-24(31)22(19-27)23(20-11-7-5-8-12-20)21-13-9-6-10-14-21/h5-14,30H,15-18,28H2,1-4H3,(H,29,31). The third kappa shape index (κ3) is 8.01. The molecule has 0 fully saturated rings. The molecule has 2 rings (SSSR count). The van der Waals surface area contributed by atoms with Crippen molar-refractivity contribution in [2.45, 2.75) is 51.6 Å². The fourth-order valence-corrected chi connectivity index (χ4v) is 3.27. The summed E-state index contributed by atoms with van der Waals surface area (Å²) in [6.45, 7) is 9.49. The molecule has 0 radical (unpaired) electrons. The molecule has 1 amide bonds. The van der Waals surface area contributed by atoms with Crippen molar-refractivity contribution < 1.29 is 4.79 Å². The number of nitrogens with two attached hydrogens (primary N) is 1. The number of nitrogens with zero attached hydrogens (tertiary/aromatic N) is 1. The first kappa shape index (κ1) is 24.3. The fraction of sp³-hybridized carbons (Fsp3) is 0.385. The molecule has 5 heteroatoms. The molecule has 0 aliphatic heterocycles. The minimum Gasteiger partial charge on any atom is -0.351 e. The van der Waals surface area contributed by atoms with Gasteiger partial charge in [-0.05, 0) is 58.2 Å². The summed E-state index contributed by atoms with van der Waals surface area (Å²) in [7, 11) is 0. The lowest BCUT2D eigenvalue weighted by Gasteiger charge is -2.28. The predicted octanol–water partition coefficient (Wildman–Crippen LogP) is 4.01. The van der Waals surface area contributed by atoms with Gasteiger partial charge in [-0.1, -0.05) is 60.7 Å². The Morgan fingerprint density at radius 1 is 0.903 bits per heavy atom. The van der Waals surface area contributed by atoms with Crippen LogP contribution in [0.5, 0.6) is 0 Å². The van der Waals surface area contributed by atoms with Crippen molar-refractivity contribution in [3.63, 3.8) is 0 Å². The topological polar surface area (TPSA) is 90.9 Å². The third-order valence-electron chi connectivity index (χ3n) is 5.12. The zero-order chi connectivity index (χ0) is 22.9. The van der Waals surface area contributed by atoms with Crippen LogP contribution in [0.4, 0.5) is 0 Å². The average molecular weight is 419 g/mol. The van der Waals surface area contributed by atoms with Crippen LogP contribution >= 0.6 is 0 Å². The summed E-state index contributed by atoms with van der Waals surface area (Å²) >= 11 is 0. The van der Waals surface area contributed by atoms with E-state index in [1.165, 1.54) is 0 Å². The molecule has 0 saturated heterocycles. The van der Waals surface area contributed by atoms with Crippen molar-refractivity contribution in [1.82, 2.24) is 10.6 Å². The molecule has 0 saturated carbocycles. The van der Waals surface area contributed by atoms with E-state index in [4.69, 9.17) is 5.73 Å². The Bertz CT molecular complexity index is 878. The average Bonchev–Trinajstić information content (AvgIpc) is 2.71. The first-order valence-electron chi connectivity index (χ1n) is 10.7. The number of amides is 1. The summed E-state index contributed by atoms with van der Waals surface area (Å²) < 4.78 is 0. The van der Waals surface area contributed by atoms with Gasteiger partial charge in [0.2, 0.25) is 0 Å². The fourth-order valence-electron chi connectivity index (χ4n) is 3.27. The van der Waals surface area contributed by atoms with E-state index in [9.17, 15) is 10.1 Å². The largest absolute Gasteiger partial charge is 0.351 e. The second-order valence-electron chi connectivity index (χ2n) is 9.15. The number of carbonyl (C=O) groups excluding carboxylic acids is 1. The number of hydrogen-bond acceptors (Lipinski definition) is 4.